The normalized spacial score (nSPS) is 18.8. The van der Waals surface area contributed by atoms with Gasteiger partial charge in [-0.25, -0.2) is 18.1 Å². The van der Waals surface area contributed by atoms with Crippen molar-refractivity contribution in [3.8, 4) is 11.5 Å². The fourth-order valence-electron chi connectivity index (χ4n) is 8.71. The highest BCUT2D eigenvalue weighted by Crippen LogP contribution is 2.36. The summed E-state index contributed by atoms with van der Waals surface area (Å²) in [4.78, 5) is 52.1. The Bertz CT molecular complexity index is 2580. The topological polar surface area (TPSA) is 192 Å². The van der Waals surface area contributed by atoms with Gasteiger partial charge in [-0.05, 0) is 78.8 Å². The highest BCUT2D eigenvalue weighted by molar-refractivity contribution is 7.90. The minimum atomic E-state index is -4.57. The van der Waals surface area contributed by atoms with Crippen LogP contribution >= 0.6 is 11.6 Å². The van der Waals surface area contributed by atoms with E-state index in [0.717, 1.165) is 49.6 Å². The number of sulfonamides is 1. The second-order valence-electron chi connectivity index (χ2n) is 16.8. The number of likely N-dealkylation sites (tertiary alicyclic amines) is 1. The van der Waals surface area contributed by atoms with Crippen LogP contribution < -0.4 is 19.7 Å². The number of benzene rings is 3. The summed E-state index contributed by atoms with van der Waals surface area (Å²) < 4.78 is 41.2. The summed E-state index contributed by atoms with van der Waals surface area (Å²) in [7, 11) is -4.57. The number of ether oxygens (including phenoxy) is 2. The molecule has 2 aromatic heterocycles. The van der Waals surface area contributed by atoms with Crippen LogP contribution in [0.5, 0.6) is 11.5 Å². The number of nitro groups is 1. The molecule has 3 fully saturated rings. The smallest absolute Gasteiger partial charge is 0.293 e. The Hall–Kier alpha value is -5.75. The minimum Gasteiger partial charge on any atom is -0.455 e. The number of piperazine rings is 1. The zero-order valence-corrected chi connectivity index (χ0v) is 36.7. The monoisotopic (exact) mass is 898 g/mol. The Morgan fingerprint density at radius 1 is 1.00 bits per heavy atom. The van der Waals surface area contributed by atoms with Gasteiger partial charge in [-0.1, -0.05) is 37.6 Å². The molecule has 0 radical (unpaired) electrons. The van der Waals surface area contributed by atoms with Crippen LogP contribution in [-0.2, 0) is 19.6 Å². The molecule has 3 saturated heterocycles. The molecule has 3 N–H and O–H groups in total. The highest BCUT2D eigenvalue weighted by atomic mass is 35.5. The standard InChI is InChI=1S/C45H51ClN8O8S/c1-29(2)45(56)53-27-33(39(28-53)31-3-5-34(46)6-4-31)26-51-15-17-52(18-16-51)35-7-9-38(42(22-35)62-36-21-32-11-14-47-43(32)49-25-36)44(55)50-63(59,60)37-8-10-40(41(23-37)54(57)58)48-24-30-12-19-61-20-13-30/h3-11,14,21-23,25,29-30,33,39,48H,12-13,15-20,24,26-28H2,1-2H3,(H,47,49)(H,50,55)/t33-,39-/m0/s1. The van der Waals surface area contributed by atoms with E-state index >= 15 is 0 Å². The molecule has 8 rings (SSSR count). The molecule has 0 unspecified atom stereocenters. The average molecular weight is 899 g/mol. The van der Waals surface area contributed by atoms with Gasteiger partial charge in [0, 0.05) is 112 Å². The van der Waals surface area contributed by atoms with E-state index in [1.807, 2.05) is 36.9 Å². The second kappa shape index (κ2) is 18.9. The van der Waals surface area contributed by atoms with Gasteiger partial charge in [0.25, 0.3) is 21.6 Å². The lowest BCUT2D eigenvalue weighted by molar-refractivity contribution is -0.384. The predicted molar refractivity (Wildman–Crippen MR) is 240 cm³/mol. The van der Waals surface area contributed by atoms with Crippen molar-refractivity contribution in [2.24, 2.45) is 17.8 Å². The van der Waals surface area contributed by atoms with Crippen LogP contribution in [0.1, 0.15) is 48.5 Å². The molecule has 3 aromatic carbocycles. The van der Waals surface area contributed by atoms with Gasteiger partial charge in [0.05, 0.1) is 21.6 Å². The SMILES string of the molecule is CC(C)C(=O)N1C[C@H](CN2CCN(c3ccc(C(=O)NS(=O)(=O)c4ccc(NCC5CCOCC5)c([N+](=O)[O-])c4)c(Oc4cnc5[nH]ccc5c4)c3)CC2)[C@H](c2ccc(Cl)cc2)C1. The number of amides is 2. The Morgan fingerprint density at radius 3 is 2.49 bits per heavy atom. The Balaban J connectivity index is 0.987. The Labute approximate surface area is 371 Å². The molecule has 332 valence electrons. The zero-order chi connectivity index (χ0) is 44.3. The first-order chi connectivity index (χ1) is 30.3. The van der Waals surface area contributed by atoms with Crippen LogP contribution in [0.25, 0.3) is 11.0 Å². The number of nitrogens with one attached hydrogen (secondary N) is 3. The second-order valence-corrected chi connectivity index (χ2v) is 18.9. The van der Waals surface area contributed by atoms with E-state index in [9.17, 15) is 28.1 Å². The van der Waals surface area contributed by atoms with Crippen molar-refractivity contribution < 1.29 is 32.4 Å². The summed E-state index contributed by atoms with van der Waals surface area (Å²) in [5.41, 5.74) is 2.29. The van der Waals surface area contributed by atoms with Crippen molar-refractivity contribution in [3.05, 3.63) is 111 Å². The summed E-state index contributed by atoms with van der Waals surface area (Å²) >= 11 is 6.22. The van der Waals surface area contributed by atoms with Gasteiger partial charge in [0.2, 0.25) is 5.91 Å². The fraction of sp³-hybridized carbons (Fsp3) is 0.400. The van der Waals surface area contributed by atoms with Gasteiger partial charge in [-0.15, -0.1) is 0 Å². The number of carbonyl (C=O) groups excluding carboxylic acids is 2. The summed E-state index contributed by atoms with van der Waals surface area (Å²) in [5, 5.41) is 16.6. The van der Waals surface area contributed by atoms with Gasteiger partial charge < -0.3 is 29.6 Å². The molecule has 2 atom stereocenters. The molecule has 3 aliphatic heterocycles. The van der Waals surface area contributed by atoms with E-state index in [1.54, 1.807) is 24.4 Å². The van der Waals surface area contributed by atoms with Crippen molar-refractivity contribution in [2.45, 2.75) is 37.5 Å². The number of halogens is 1. The number of aromatic nitrogens is 2. The number of fused-ring (bicyclic) bond motifs is 1. The summed E-state index contributed by atoms with van der Waals surface area (Å²) in [6.07, 6.45) is 4.89. The third-order valence-electron chi connectivity index (χ3n) is 12.2. The van der Waals surface area contributed by atoms with E-state index in [1.165, 1.54) is 30.0 Å². The number of aromatic amines is 1. The maximum absolute atomic E-state index is 13.9. The maximum atomic E-state index is 13.9. The molecule has 0 saturated carbocycles. The lowest BCUT2D eigenvalue weighted by Crippen LogP contribution is -2.48. The molecule has 63 heavy (non-hydrogen) atoms. The van der Waals surface area contributed by atoms with Gasteiger partial charge in [-0.2, -0.15) is 0 Å². The van der Waals surface area contributed by atoms with Crippen molar-refractivity contribution >= 4 is 61.5 Å². The van der Waals surface area contributed by atoms with E-state index in [2.05, 4.69) is 41.9 Å². The minimum absolute atomic E-state index is 0.0608. The molecular weight excluding hydrogens is 848 g/mol. The van der Waals surface area contributed by atoms with E-state index < -0.39 is 31.4 Å². The maximum Gasteiger partial charge on any atom is 0.293 e. The summed E-state index contributed by atoms with van der Waals surface area (Å²) in [6, 6.07) is 20.0. The van der Waals surface area contributed by atoms with Crippen molar-refractivity contribution in [1.82, 2.24) is 24.5 Å². The molecular formula is C45H51ClN8O8S. The van der Waals surface area contributed by atoms with Gasteiger partial charge in [0.15, 0.2) is 0 Å². The first-order valence-electron chi connectivity index (χ1n) is 21.2. The predicted octanol–water partition coefficient (Wildman–Crippen LogP) is 6.89. The van der Waals surface area contributed by atoms with Crippen LogP contribution in [0.3, 0.4) is 0 Å². The first-order valence-corrected chi connectivity index (χ1v) is 23.1. The molecule has 0 spiro atoms. The van der Waals surface area contributed by atoms with Gasteiger partial charge >= 0.3 is 0 Å². The van der Waals surface area contributed by atoms with Crippen LogP contribution in [-0.4, -0.2) is 110 Å². The molecule has 18 heteroatoms. The molecule has 0 aliphatic carbocycles. The van der Waals surface area contributed by atoms with Crippen molar-refractivity contribution in [3.63, 3.8) is 0 Å². The summed E-state index contributed by atoms with van der Waals surface area (Å²) in [5.74, 6) is 0.218. The fourth-order valence-corrected chi connectivity index (χ4v) is 9.82. The average Bonchev–Trinajstić information content (AvgIpc) is 3.93. The number of nitro benzene ring substituents is 1. The number of nitrogens with zero attached hydrogens (tertiary/aromatic N) is 5. The number of carbonyl (C=O) groups is 2. The first kappa shape index (κ1) is 43.9. The Kier molecular flexibility index (Phi) is 13.2. The third kappa shape index (κ3) is 10.2. The molecule has 0 bridgehead atoms. The van der Waals surface area contributed by atoms with Gasteiger partial charge in [-0.3, -0.25) is 24.6 Å². The van der Waals surface area contributed by atoms with Crippen LogP contribution in [0, 0.1) is 27.9 Å². The number of pyridine rings is 1. The third-order valence-corrected chi connectivity index (χ3v) is 13.8. The zero-order valence-electron chi connectivity index (χ0n) is 35.2. The largest absolute Gasteiger partial charge is 0.455 e. The lowest BCUT2D eigenvalue weighted by atomic mass is 9.88. The number of anilines is 2. The molecule has 5 aromatic rings. The Morgan fingerprint density at radius 2 is 1.76 bits per heavy atom. The number of rotatable bonds is 14. The summed E-state index contributed by atoms with van der Waals surface area (Å²) in [6.45, 7) is 10.6. The van der Waals surface area contributed by atoms with E-state index in [0.29, 0.717) is 62.4 Å². The van der Waals surface area contributed by atoms with E-state index in [-0.39, 0.29) is 46.6 Å². The van der Waals surface area contributed by atoms with Crippen molar-refractivity contribution in [2.75, 3.05) is 75.8 Å². The molecule has 2 amide bonds. The lowest BCUT2D eigenvalue weighted by Gasteiger charge is -2.38. The van der Waals surface area contributed by atoms with Crippen LogP contribution in [0.2, 0.25) is 5.02 Å². The quantitative estimate of drug-likeness (QED) is 0.0774. The van der Waals surface area contributed by atoms with Gasteiger partial charge in [0.1, 0.15) is 22.8 Å². The molecule has 16 nitrogen and oxygen atoms in total. The van der Waals surface area contributed by atoms with Crippen LogP contribution in [0.4, 0.5) is 17.1 Å². The molecule has 3 aliphatic rings. The molecule has 5 heterocycles. The number of hydrogen-bond donors (Lipinski definition) is 3. The van der Waals surface area contributed by atoms with Crippen LogP contribution in [0.15, 0.2) is 90.1 Å². The number of hydrogen-bond acceptors (Lipinski definition) is 12. The van der Waals surface area contributed by atoms with Crippen molar-refractivity contribution in [1.29, 1.82) is 0 Å². The highest BCUT2D eigenvalue weighted by Gasteiger charge is 2.38. The van der Waals surface area contributed by atoms with E-state index in [4.69, 9.17) is 21.1 Å². The number of H-pyrrole nitrogens is 1.